The van der Waals surface area contributed by atoms with E-state index in [4.69, 9.17) is 28.9 Å². The van der Waals surface area contributed by atoms with Crippen molar-refractivity contribution >= 4 is 23.2 Å². The highest BCUT2D eigenvalue weighted by atomic mass is 35.5. The van der Waals surface area contributed by atoms with Crippen molar-refractivity contribution in [2.75, 3.05) is 0 Å². The fourth-order valence-electron chi connectivity index (χ4n) is 1.77. The van der Waals surface area contributed by atoms with Crippen LogP contribution in [0.1, 0.15) is 22.7 Å². The molecule has 0 bridgehead atoms. The van der Waals surface area contributed by atoms with Crippen molar-refractivity contribution in [2.45, 2.75) is 13.0 Å². The fourth-order valence-corrected chi connectivity index (χ4v) is 2.14. The third-order valence-corrected chi connectivity index (χ3v) is 3.55. The molecule has 0 aliphatic heterocycles. The van der Waals surface area contributed by atoms with Crippen molar-refractivity contribution in [3.63, 3.8) is 0 Å². The highest BCUT2D eigenvalue weighted by Crippen LogP contribution is 2.28. The molecule has 0 fully saturated rings. The van der Waals surface area contributed by atoms with Gasteiger partial charge in [-0.25, -0.2) is 0 Å². The zero-order chi connectivity index (χ0) is 12.4. The Hall–Kier alpha value is -1.02. The first-order valence-corrected chi connectivity index (χ1v) is 6.11. The second-order valence-electron chi connectivity index (χ2n) is 4.01. The minimum Gasteiger partial charge on any atom is -0.320 e. The van der Waals surface area contributed by atoms with Crippen molar-refractivity contribution < 1.29 is 0 Å². The van der Waals surface area contributed by atoms with Crippen molar-refractivity contribution in [2.24, 2.45) is 5.73 Å². The first-order valence-electron chi connectivity index (χ1n) is 5.35. The molecule has 0 heterocycles. The third kappa shape index (κ3) is 2.63. The van der Waals surface area contributed by atoms with Crippen LogP contribution in [0, 0.1) is 6.92 Å². The Labute approximate surface area is 111 Å². The van der Waals surface area contributed by atoms with E-state index >= 15 is 0 Å². The Bertz CT molecular complexity index is 537. The van der Waals surface area contributed by atoms with Crippen LogP contribution in [0.3, 0.4) is 0 Å². The predicted molar refractivity (Wildman–Crippen MR) is 73.7 cm³/mol. The van der Waals surface area contributed by atoms with Crippen LogP contribution >= 0.6 is 23.2 Å². The van der Waals surface area contributed by atoms with E-state index in [1.807, 2.05) is 49.4 Å². The summed E-state index contributed by atoms with van der Waals surface area (Å²) in [7, 11) is 0. The van der Waals surface area contributed by atoms with E-state index in [1.165, 1.54) is 0 Å². The number of hydrogen-bond donors (Lipinski definition) is 1. The minimum absolute atomic E-state index is 0.223. The van der Waals surface area contributed by atoms with Crippen LogP contribution < -0.4 is 5.73 Å². The van der Waals surface area contributed by atoms with Gasteiger partial charge in [-0.1, -0.05) is 53.5 Å². The molecule has 0 saturated heterocycles. The average Bonchev–Trinajstić information content (AvgIpc) is 2.32. The zero-order valence-electron chi connectivity index (χ0n) is 9.45. The maximum Gasteiger partial charge on any atom is 0.0566 e. The van der Waals surface area contributed by atoms with Gasteiger partial charge in [0.15, 0.2) is 0 Å². The van der Waals surface area contributed by atoms with Gasteiger partial charge in [0.25, 0.3) is 0 Å². The van der Waals surface area contributed by atoms with Crippen LogP contribution in [0.25, 0.3) is 0 Å². The Morgan fingerprint density at radius 2 is 1.71 bits per heavy atom. The molecule has 2 aromatic carbocycles. The van der Waals surface area contributed by atoms with Crippen LogP contribution in [0.5, 0.6) is 0 Å². The van der Waals surface area contributed by atoms with Gasteiger partial charge in [-0.2, -0.15) is 0 Å². The Morgan fingerprint density at radius 1 is 1.00 bits per heavy atom. The highest BCUT2D eigenvalue weighted by Gasteiger charge is 2.12. The van der Waals surface area contributed by atoms with Gasteiger partial charge in [0, 0.05) is 10.0 Å². The smallest absolute Gasteiger partial charge is 0.0566 e. The summed E-state index contributed by atoms with van der Waals surface area (Å²) in [4.78, 5) is 0. The fraction of sp³-hybridized carbons (Fsp3) is 0.143. The molecule has 0 saturated carbocycles. The van der Waals surface area contributed by atoms with Gasteiger partial charge in [-0.15, -0.1) is 0 Å². The van der Waals surface area contributed by atoms with Gasteiger partial charge in [0.1, 0.15) is 0 Å². The molecule has 0 aliphatic carbocycles. The molecule has 1 atom stereocenters. The summed E-state index contributed by atoms with van der Waals surface area (Å²) < 4.78 is 0. The molecule has 0 aromatic heterocycles. The lowest BCUT2D eigenvalue weighted by Gasteiger charge is -2.15. The van der Waals surface area contributed by atoms with Crippen LogP contribution in [-0.2, 0) is 0 Å². The lowest BCUT2D eigenvalue weighted by molar-refractivity contribution is 0.870. The summed E-state index contributed by atoms with van der Waals surface area (Å²) in [6.07, 6.45) is 0. The average molecular weight is 266 g/mol. The largest absolute Gasteiger partial charge is 0.320 e. The summed E-state index contributed by atoms with van der Waals surface area (Å²) in [5.74, 6) is 0. The number of rotatable bonds is 2. The molecular formula is C14H13Cl2N. The Morgan fingerprint density at radius 3 is 2.35 bits per heavy atom. The summed E-state index contributed by atoms with van der Waals surface area (Å²) in [6.45, 7) is 1.96. The number of aryl methyl sites for hydroxylation is 1. The summed E-state index contributed by atoms with van der Waals surface area (Å²) in [6, 6.07) is 13.2. The lowest BCUT2D eigenvalue weighted by Crippen LogP contribution is -2.12. The van der Waals surface area contributed by atoms with Crippen LogP contribution in [-0.4, -0.2) is 0 Å². The topological polar surface area (TPSA) is 26.0 Å². The maximum absolute atomic E-state index is 6.21. The summed E-state index contributed by atoms with van der Waals surface area (Å²) in [5, 5.41) is 1.44. The van der Waals surface area contributed by atoms with Crippen LogP contribution in [0.15, 0.2) is 42.5 Å². The highest BCUT2D eigenvalue weighted by molar-refractivity contribution is 6.31. The quantitative estimate of drug-likeness (QED) is 0.859. The molecule has 17 heavy (non-hydrogen) atoms. The van der Waals surface area contributed by atoms with Crippen molar-refractivity contribution in [3.8, 4) is 0 Å². The van der Waals surface area contributed by atoms with Crippen molar-refractivity contribution in [1.29, 1.82) is 0 Å². The molecule has 1 unspecified atom stereocenters. The van der Waals surface area contributed by atoms with Gasteiger partial charge in [0.2, 0.25) is 0 Å². The van der Waals surface area contributed by atoms with Gasteiger partial charge >= 0.3 is 0 Å². The summed E-state index contributed by atoms with van der Waals surface area (Å²) >= 11 is 12.1. The molecule has 88 valence electrons. The number of hydrogen-bond acceptors (Lipinski definition) is 1. The van der Waals surface area contributed by atoms with E-state index in [0.29, 0.717) is 5.02 Å². The first-order chi connectivity index (χ1) is 8.09. The van der Waals surface area contributed by atoms with Gasteiger partial charge in [-0.05, 0) is 35.7 Å². The number of benzene rings is 2. The van der Waals surface area contributed by atoms with E-state index in [1.54, 1.807) is 0 Å². The van der Waals surface area contributed by atoms with E-state index in [-0.39, 0.29) is 6.04 Å². The molecule has 3 heteroatoms. The number of halogens is 2. The van der Waals surface area contributed by atoms with Crippen LogP contribution in [0.4, 0.5) is 0 Å². The molecule has 1 nitrogen and oxygen atoms in total. The summed E-state index contributed by atoms with van der Waals surface area (Å²) in [5.41, 5.74) is 9.17. The first kappa shape index (κ1) is 12.4. The standard InChI is InChI=1S/C14H13Cl2N/c1-9-8-10(6-7-12(9)15)14(17)11-4-2-3-5-13(11)16/h2-8,14H,17H2,1H3. The zero-order valence-corrected chi connectivity index (χ0v) is 11.0. The molecule has 2 N–H and O–H groups in total. The van der Waals surface area contributed by atoms with Gasteiger partial charge in [0.05, 0.1) is 6.04 Å². The molecule has 2 aromatic rings. The minimum atomic E-state index is -0.223. The SMILES string of the molecule is Cc1cc(C(N)c2ccccc2Cl)ccc1Cl. The molecule has 0 aliphatic rings. The van der Waals surface area contributed by atoms with Gasteiger partial charge in [-0.3, -0.25) is 0 Å². The molecular weight excluding hydrogens is 253 g/mol. The third-order valence-electron chi connectivity index (χ3n) is 2.78. The predicted octanol–water partition coefficient (Wildman–Crippen LogP) is 4.35. The Kier molecular flexibility index (Phi) is 3.72. The van der Waals surface area contributed by atoms with E-state index < -0.39 is 0 Å². The van der Waals surface area contributed by atoms with Crippen LogP contribution in [0.2, 0.25) is 10.0 Å². The Balaban J connectivity index is 2.40. The molecule has 0 radical (unpaired) electrons. The molecule has 0 amide bonds. The van der Waals surface area contributed by atoms with Gasteiger partial charge < -0.3 is 5.73 Å². The second kappa shape index (κ2) is 5.09. The lowest BCUT2D eigenvalue weighted by atomic mass is 9.98. The normalized spacial score (nSPS) is 12.5. The van der Waals surface area contributed by atoms with E-state index in [0.717, 1.165) is 21.7 Å². The van der Waals surface area contributed by atoms with Crippen molar-refractivity contribution in [3.05, 3.63) is 69.2 Å². The number of nitrogens with two attached hydrogens (primary N) is 1. The maximum atomic E-state index is 6.21. The molecule has 2 rings (SSSR count). The molecule has 0 spiro atoms. The monoisotopic (exact) mass is 265 g/mol. The second-order valence-corrected chi connectivity index (χ2v) is 4.82. The van der Waals surface area contributed by atoms with E-state index in [9.17, 15) is 0 Å². The van der Waals surface area contributed by atoms with E-state index in [2.05, 4.69) is 0 Å². The van der Waals surface area contributed by atoms with Crippen molar-refractivity contribution in [1.82, 2.24) is 0 Å².